The third-order valence-electron chi connectivity index (χ3n) is 6.53. The van der Waals surface area contributed by atoms with Crippen molar-refractivity contribution in [2.45, 2.75) is 75.8 Å². The number of hydrogen-bond donors (Lipinski definition) is 3. The van der Waals surface area contributed by atoms with Gasteiger partial charge in [0.1, 0.15) is 6.61 Å². The van der Waals surface area contributed by atoms with Crippen LogP contribution in [-0.4, -0.2) is 47.7 Å². The molecule has 0 unspecified atom stereocenters. The summed E-state index contributed by atoms with van der Waals surface area (Å²) in [6.07, 6.45) is 10.1. The zero-order valence-electron chi connectivity index (χ0n) is 19.3. The standard InChI is InChI=1S/C26H36N2O5/c29-19-26(14-8-9-15-26)28-23(30)17-21-12-6-1-2-7-13-24(31)33-18-22(27-25(21)32)16-20-10-4-3-5-11-20/h1,3-6,10-11,21-22,29H,2,7-9,12-19H2,(H,27,32)(H,28,30)/t21-,22+/m1/s1. The van der Waals surface area contributed by atoms with Crippen LogP contribution in [-0.2, 0) is 25.5 Å². The lowest BCUT2D eigenvalue weighted by molar-refractivity contribution is -0.145. The fraction of sp³-hybridized carbons (Fsp3) is 0.577. The summed E-state index contributed by atoms with van der Waals surface area (Å²) in [4.78, 5) is 38.1. The Morgan fingerprint density at radius 2 is 1.88 bits per heavy atom. The van der Waals surface area contributed by atoms with Gasteiger partial charge in [-0.2, -0.15) is 0 Å². The number of hydrogen-bond acceptors (Lipinski definition) is 5. The van der Waals surface area contributed by atoms with E-state index in [0.717, 1.165) is 37.7 Å². The van der Waals surface area contributed by atoms with Crippen molar-refractivity contribution < 1.29 is 24.2 Å². The van der Waals surface area contributed by atoms with E-state index in [4.69, 9.17) is 4.74 Å². The summed E-state index contributed by atoms with van der Waals surface area (Å²) in [5.41, 5.74) is 0.472. The monoisotopic (exact) mass is 456 g/mol. The summed E-state index contributed by atoms with van der Waals surface area (Å²) in [6.45, 7) is 0.0134. The van der Waals surface area contributed by atoms with Gasteiger partial charge in [0.25, 0.3) is 0 Å². The van der Waals surface area contributed by atoms with Crippen LogP contribution in [0.3, 0.4) is 0 Å². The summed E-state index contributed by atoms with van der Waals surface area (Å²) in [5.74, 6) is -1.24. The van der Waals surface area contributed by atoms with Crippen LogP contribution in [0.5, 0.6) is 0 Å². The smallest absolute Gasteiger partial charge is 0.305 e. The molecule has 3 rings (SSSR count). The third-order valence-corrected chi connectivity index (χ3v) is 6.53. The maximum Gasteiger partial charge on any atom is 0.305 e. The van der Waals surface area contributed by atoms with Crippen molar-refractivity contribution in [3.63, 3.8) is 0 Å². The summed E-state index contributed by atoms with van der Waals surface area (Å²) >= 11 is 0. The fourth-order valence-corrected chi connectivity index (χ4v) is 4.61. The lowest BCUT2D eigenvalue weighted by Crippen LogP contribution is -2.50. The van der Waals surface area contributed by atoms with Gasteiger partial charge in [-0.1, -0.05) is 55.3 Å². The van der Waals surface area contributed by atoms with E-state index in [0.29, 0.717) is 25.7 Å². The Morgan fingerprint density at radius 3 is 2.61 bits per heavy atom. The highest BCUT2D eigenvalue weighted by Crippen LogP contribution is 2.29. The van der Waals surface area contributed by atoms with Gasteiger partial charge in [0.05, 0.1) is 24.1 Å². The van der Waals surface area contributed by atoms with Crippen LogP contribution in [0.25, 0.3) is 0 Å². The number of cyclic esters (lactones) is 1. The summed E-state index contributed by atoms with van der Waals surface area (Å²) in [5, 5.41) is 15.8. The number of aliphatic hydroxyl groups excluding tert-OH is 1. The Balaban J connectivity index is 1.70. The van der Waals surface area contributed by atoms with Gasteiger partial charge < -0.3 is 20.5 Å². The number of carbonyl (C=O) groups excluding carboxylic acids is 3. The number of nitrogens with one attached hydrogen (secondary N) is 2. The van der Waals surface area contributed by atoms with Crippen LogP contribution in [0, 0.1) is 5.92 Å². The number of carbonyl (C=O) groups is 3. The van der Waals surface area contributed by atoms with Gasteiger partial charge in [-0.15, -0.1) is 0 Å². The minimum absolute atomic E-state index is 0.0514. The second-order valence-electron chi connectivity index (χ2n) is 9.27. The van der Waals surface area contributed by atoms with Crippen LogP contribution in [0.15, 0.2) is 42.5 Å². The second-order valence-corrected chi connectivity index (χ2v) is 9.27. The Labute approximate surface area is 196 Å². The van der Waals surface area contributed by atoms with E-state index in [1.807, 2.05) is 42.5 Å². The molecule has 1 aromatic rings. The topological polar surface area (TPSA) is 105 Å². The van der Waals surface area contributed by atoms with Crippen molar-refractivity contribution in [2.24, 2.45) is 5.92 Å². The molecule has 2 atom stereocenters. The number of allylic oxidation sites excluding steroid dienone is 2. The molecule has 7 heteroatoms. The molecule has 7 nitrogen and oxygen atoms in total. The average molecular weight is 457 g/mol. The van der Waals surface area contributed by atoms with Crippen molar-refractivity contribution in [3.05, 3.63) is 48.0 Å². The zero-order chi connectivity index (χ0) is 23.5. The Hall–Kier alpha value is -2.67. The summed E-state index contributed by atoms with van der Waals surface area (Å²) in [7, 11) is 0. The molecule has 0 bridgehead atoms. The normalized spacial score (nSPS) is 24.0. The van der Waals surface area contributed by atoms with Gasteiger partial charge in [0.15, 0.2) is 0 Å². The zero-order valence-corrected chi connectivity index (χ0v) is 19.3. The molecule has 3 N–H and O–H groups in total. The van der Waals surface area contributed by atoms with E-state index in [2.05, 4.69) is 10.6 Å². The first-order chi connectivity index (χ1) is 16.0. The molecule has 0 saturated heterocycles. The molecular formula is C26H36N2O5. The molecule has 33 heavy (non-hydrogen) atoms. The number of benzene rings is 1. The van der Waals surface area contributed by atoms with E-state index in [1.54, 1.807) is 0 Å². The van der Waals surface area contributed by atoms with Crippen LogP contribution >= 0.6 is 0 Å². The molecule has 1 heterocycles. The van der Waals surface area contributed by atoms with Crippen molar-refractivity contribution >= 4 is 17.8 Å². The first kappa shape index (κ1) is 25.0. The highest BCUT2D eigenvalue weighted by atomic mass is 16.5. The van der Waals surface area contributed by atoms with E-state index in [-0.39, 0.29) is 43.5 Å². The number of amides is 2. The number of aliphatic hydroxyl groups is 1. The molecule has 1 fully saturated rings. The predicted octanol–water partition coefficient (Wildman–Crippen LogP) is 2.81. The largest absolute Gasteiger partial charge is 0.463 e. The molecule has 0 aromatic heterocycles. The first-order valence-electron chi connectivity index (χ1n) is 12.1. The van der Waals surface area contributed by atoms with E-state index in [9.17, 15) is 19.5 Å². The van der Waals surface area contributed by atoms with Gasteiger partial charge in [-0.05, 0) is 44.1 Å². The van der Waals surface area contributed by atoms with Crippen LogP contribution in [0.1, 0.15) is 63.4 Å². The summed E-state index contributed by atoms with van der Waals surface area (Å²) < 4.78 is 5.44. The highest BCUT2D eigenvalue weighted by molar-refractivity contribution is 5.86. The molecule has 180 valence electrons. The van der Waals surface area contributed by atoms with E-state index in [1.165, 1.54) is 0 Å². The lowest BCUT2D eigenvalue weighted by atomic mass is 9.95. The average Bonchev–Trinajstić information content (AvgIpc) is 3.28. The minimum atomic E-state index is -0.559. The van der Waals surface area contributed by atoms with Gasteiger partial charge >= 0.3 is 5.97 Å². The highest BCUT2D eigenvalue weighted by Gasteiger charge is 2.35. The van der Waals surface area contributed by atoms with Crippen LogP contribution < -0.4 is 10.6 Å². The molecule has 1 aliphatic carbocycles. The Morgan fingerprint density at radius 1 is 1.12 bits per heavy atom. The van der Waals surface area contributed by atoms with E-state index >= 15 is 0 Å². The van der Waals surface area contributed by atoms with Crippen molar-refractivity contribution in [2.75, 3.05) is 13.2 Å². The predicted molar refractivity (Wildman–Crippen MR) is 125 cm³/mol. The van der Waals surface area contributed by atoms with Gasteiger partial charge in [-0.3, -0.25) is 14.4 Å². The van der Waals surface area contributed by atoms with Crippen LogP contribution in [0.2, 0.25) is 0 Å². The van der Waals surface area contributed by atoms with Gasteiger partial charge in [0, 0.05) is 12.8 Å². The molecule has 1 saturated carbocycles. The van der Waals surface area contributed by atoms with Gasteiger partial charge in [0.2, 0.25) is 11.8 Å². The summed E-state index contributed by atoms with van der Waals surface area (Å²) in [6, 6.07) is 9.35. The lowest BCUT2D eigenvalue weighted by Gasteiger charge is -2.29. The molecule has 0 radical (unpaired) electrons. The van der Waals surface area contributed by atoms with E-state index < -0.39 is 11.5 Å². The third kappa shape index (κ3) is 8.00. The first-order valence-corrected chi connectivity index (χ1v) is 12.1. The molecular weight excluding hydrogens is 420 g/mol. The molecule has 1 aromatic carbocycles. The number of ether oxygens (including phenoxy) is 1. The van der Waals surface area contributed by atoms with Crippen molar-refractivity contribution in [1.82, 2.24) is 10.6 Å². The van der Waals surface area contributed by atoms with Crippen LogP contribution in [0.4, 0.5) is 0 Å². The quantitative estimate of drug-likeness (QED) is 0.451. The fourth-order valence-electron chi connectivity index (χ4n) is 4.61. The number of esters is 1. The van der Waals surface area contributed by atoms with Gasteiger partial charge in [-0.25, -0.2) is 0 Å². The second kappa shape index (κ2) is 12.5. The molecule has 2 aliphatic rings. The maximum absolute atomic E-state index is 13.2. The molecule has 1 aliphatic heterocycles. The molecule has 2 amide bonds. The van der Waals surface area contributed by atoms with Crippen molar-refractivity contribution in [3.8, 4) is 0 Å². The van der Waals surface area contributed by atoms with Crippen molar-refractivity contribution in [1.29, 1.82) is 0 Å². The molecule has 0 spiro atoms. The minimum Gasteiger partial charge on any atom is -0.463 e. The maximum atomic E-state index is 13.2. The Bertz CT molecular complexity index is 817. The number of rotatable bonds is 6. The Kier molecular flexibility index (Phi) is 9.48. The SMILES string of the molecule is O=C(C[C@H]1CC=CCCCC(=O)OC[C@H](Cc2ccccc2)NC1=O)NC1(CO)CCCC1.